The van der Waals surface area contributed by atoms with Crippen molar-refractivity contribution in [2.24, 2.45) is 11.8 Å². The van der Waals surface area contributed by atoms with Crippen LogP contribution in [0.25, 0.3) is 5.57 Å². The van der Waals surface area contributed by atoms with Gasteiger partial charge in [-0.05, 0) is 41.7 Å². The number of anilines is 1. The second-order valence-corrected chi connectivity index (χ2v) is 8.35. The molecule has 2 aromatic carbocycles. The average Bonchev–Trinajstić information content (AvgIpc) is 2.93. The summed E-state index contributed by atoms with van der Waals surface area (Å²) in [7, 11) is 0. The Morgan fingerprint density at radius 1 is 0.903 bits per heavy atom. The largest absolute Gasteiger partial charge is 0.493 e. The molecule has 0 unspecified atom stereocenters. The molecule has 31 heavy (non-hydrogen) atoms. The molecule has 0 radical (unpaired) electrons. The van der Waals surface area contributed by atoms with Gasteiger partial charge in [-0.2, -0.15) is 0 Å². The van der Waals surface area contributed by atoms with Gasteiger partial charge in [0.15, 0.2) is 11.6 Å². The predicted molar refractivity (Wildman–Crippen MR) is 115 cm³/mol. The van der Waals surface area contributed by atoms with Gasteiger partial charge in [0.25, 0.3) is 11.8 Å². The van der Waals surface area contributed by atoms with E-state index >= 15 is 0 Å². The van der Waals surface area contributed by atoms with Crippen LogP contribution in [0.15, 0.2) is 48.2 Å². The molecule has 0 aromatic heterocycles. The molecule has 0 aliphatic carbocycles. The number of hydrogen-bond donors (Lipinski definition) is 1. The molecular weight excluding hydrogens is 402 g/mol. The number of imide groups is 1. The number of nitrogens with zero attached hydrogens (tertiary/aromatic N) is 1. The summed E-state index contributed by atoms with van der Waals surface area (Å²) in [5.74, 6) is -1.87. The molecule has 1 heterocycles. The molecule has 1 aliphatic heterocycles. The second-order valence-electron chi connectivity index (χ2n) is 8.35. The Bertz CT molecular complexity index is 1010. The van der Waals surface area contributed by atoms with E-state index in [2.05, 4.69) is 5.32 Å². The fourth-order valence-corrected chi connectivity index (χ4v) is 3.19. The molecule has 3 rings (SSSR count). The van der Waals surface area contributed by atoms with E-state index in [1.807, 2.05) is 27.7 Å². The van der Waals surface area contributed by atoms with Gasteiger partial charge in [0, 0.05) is 18.3 Å². The summed E-state index contributed by atoms with van der Waals surface area (Å²) in [5.41, 5.74) is 0.931. The molecule has 164 valence electrons. The number of ether oxygens (including phenoxy) is 1. The molecule has 5 nitrogen and oxygen atoms in total. The van der Waals surface area contributed by atoms with Crippen molar-refractivity contribution in [1.82, 2.24) is 4.90 Å². The Labute approximate surface area is 180 Å². The van der Waals surface area contributed by atoms with Crippen LogP contribution in [0.4, 0.5) is 14.5 Å². The van der Waals surface area contributed by atoms with Gasteiger partial charge in [-0.1, -0.05) is 39.8 Å². The molecule has 0 saturated heterocycles. The zero-order valence-corrected chi connectivity index (χ0v) is 18.0. The van der Waals surface area contributed by atoms with Gasteiger partial charge in [0.2, 0.25) is 0 Å². The van der Waals surface area contributed by atoms with Gasteiger partial charge >= 0.3 is 0 Å². The van der Waals surface area contributed by atoms with E-state index in [9.17, 15) is 18.4 Å². The lowest BCUT2D eigenvalue weighted by atomic mass is 10.0. The first-order valence-corrected chi connectivity index (χ1v) is 10.2. The van der Waals surface area contributed by atoms with E-state index in [0.717, 1.165) is 12.1 Å². The average molecular weight is 428 g/mol. The Balaban J connectivity index is 1.98. The number of nitrogens with one attached hydrogen (secondary N) is 1. The summed E-state index contributed by atoms with van der Waals surface area (Å²) in [6, 6.07) is 10.1. The third-order valence-electron chi connectivity index (χ3n) is 4.63. The first-order valence-electron chi connectivity index (χ1n) is 10.2. The van der Waals surface area contributed by atoms with Gasteiger partial charge in [0.05, 0.1) is 12.2 Å². The first kappa shape index (κ1) is 22.5. The summed E-state index contributed by atoms with van der Waals surface area (Å²) in [6.07, 6.45) is 0. The maximum absolute atomic E-state index is 13.7. The van der Waals surface area contributed by atoms with Gasteiger partial charge in [-0.25, -0.2) is 8.78 Å². The highest BCUT2D eigenvalue weighted by molar-refractivity contribution is 6.36. The molecule has 0 atom stereocenters. The van der Waals surface area contributed by atoms with Crippen molar-refractivity contribution in [3.8, 4) is 5.75 Å². The smallest absolute Gasteiger partial charge is 0.278 e. The van der Waals surface area contributed by atoms with Crippen LogP contribution in [0.3, 0.4) is 0 Å². The fraction of sp³-hybridized carbons (Fsp3) is 0.333. The van der Waals surface area contributed by atoms with Crippen LogP contribution in [-0.4, -0.2) is 29.9 Å². The number of amides is 2. The lowest BCUT2D eigenvalue weighted by molar-refractivity contribution is -0.137. The first-order chi connectivity index (χ1) is 14.7. The van der Waals surface area contributed by atoms with Crippen LogP contribution in [-0.2, 0) is 9.59 Å². The van der Waals surface area contributed by atoms with Gasteiger partial charge in [-0.15, -0.1) is 0 Å². The topological polar surface area (TPSA) is 58.6 Å². The highest BCUT2D eigenvalue weighted by atomic mass is 19.2. The van der Waals surface area contributed by atoms with Crippen LogP contribution in [0.1, 0.15) is 33.3 Å². The second kappa shape index (κ2) is 9.29. The molecule has 0 fully saturated rings. The van der Waals surface area contributed by atoms with Crippen molar-refractivity contribution in [1.29, 1.82) is 0 Å². The predicted octanol–water partition coefficient (Wildman–Crippen LogP) is 4.85. The van der Waals surface area contributed by atoms with Crippen LogP contribution in [0, 0.1) is 23.5 Å². The zero-order valence-electron chi connectivity index (χ0n) is 18.0. The third-order valence-corrected chi connectivity index (χ3v) is 4.63. The number of rotatable bonds is 8. The Hall–Kier alpha value is -3.22. The number of halogens is 2. The quantitative estimate of drug-likeness (QED) is 0.611. The molecule has 2 aromatic rings. The minimum absolute atomic E-state index is 0.0347. The van der Waals surface area contributed by atoms with Gasteiger partial charge in [0.1, 0.15) is 11.4 Å². The lowest BCUT2D eigenvalue weighted by Crippen LogP contribution is -2.35. The van der Waals surface area contributed by atoms with E-state index in [4.69, 9.17) is 4.74 Å². The monoisotopic (exact) mass is 428 g/mol. The van der Waals surface area contributed by atoms with Crippen molar-refractivity contribution in [3.63, 3.8) is 0 Å². The molecule has 0 spiro atoms. The standard InChI is InChI=1S/C24H26F2N2O3/c1-14(2)12-28-23(29)21(16-5-8-18(9-6-16)31-13-15(3)4)22(24(28)30)27-17-7-10-19(25)20(26)11-17/h5-11,14-15,27H,12-13H2,1-4H3. The van der Waals surface area contributed by atoms with Crippen LogP contribution >= 0.6 is 0 Å². The summed E-state index contributed by atoms with van der Waals surface area (Å²) in [6.45, 7) is 8.71. The molecular formula is C24H26F2N2O3. The molecule has 0 saturated carbocycles. The highest BCUT2D eigenvalue weighted by Crippen LogP contribution is 2.32. The van der Waals surface area contributed by atoms with E-state index in [1.165, 1.54) is 11.0 Å². The molecule has 1 N–H and O–H groups in total. The van der Waals surface area contributed by atoms with Crippen molar-refractivity contribution in [2.45, 2.75) is 27.7 Å². The maximum atomic E-state index is 13.7. The highest BCUT2D eigenvalue weighted by Gasteiger charge is 2.39. The molecule has 0 bridgehead atoms. The van der Waals surface area contributed by atoms with Crippen molar-refractivity contribution in [3.05, 3.63) is 65.4 Å². The minimum atomic E-state index is -1.05. The Morgan fingerprint density at radius 2 is 1.58 bits per heavy atom. The summed E-state index contributed by atoms with van der Waals surface area (Å²) < 4.78 is 32.6. The van der Waals surface area contributed by atoms with Gasteiger partial charge < -0.3 is 10.1 Å². The van der Waals surface area contributed by atoms with Gasteiger partial charge in [-0.3, -0.25) is 14.5 Å². The third kappa shape index (κ3) is 5.10. The van der Waals surface area contributed by atoms with E-state index in [1.54, 1.807) is 24.3 Å². The minimum Gasteiger partial charge on any atom is -0.493 e. The maximum Gasteiger partial charge on any atom is 0.278 e. The summed E-state index contributed by atoms with van der Waals surface area (Å²) in [4.78, 5) is 27.3. The number of carbonyl (C=O) groups is 2. The zero-order chi connectivity index (χ0) is 22.7. The van der Waals surface area contributed by atoms with Crippen LogP contribution < -0.4 is 10.1 Å². The van der Waals surface area contributed by atoms with E-state index in [0.29, 0.717) is 23.8 Å². The van der Waals surface area contributed by atoms with Crippen molar-refractivity contribution in [2.75, 3.05) is 18.5 Å². The molecule has 2 amide bonds. The summed E-state index contributed by atoms with van der Waals surface area (Å²) >= 11 is 0. The Morgan fingerprint density at radius 3 is 2.16 bits per heavy atom. The number of carbonyl (C=O) groups excluding carboxylic acids is 2. The number of hydrogen-bond acceptors (Lipinski definition) is 4. The summed E-state index contributed by atoms with van der Waals surface area (Å²) in [5, 5.41) is 2.83. The molecule has 7 heteroatoms. The van der Waals surface area contributed by atoms with Crippen molar-refractivity contribution < 1.29 is 23.1 Å². The normalized spacial score (nSPS) is 14.3. The van der Waals surface area contributed by atoms with Crippen LogP contribution in [0.5, 0.6) is 5.75 Å². The van der Waals surface area contributed by atoms with E-state index < -0.39 is 23.4 Å². The Kier molecular flexibility index (Phi) is 6.73. The molecule has 1 aliphatic rings. The van der Waals surface area contributed by atoms with E-state index in [-0.39, 0.29) is 29.4 Å². The number of benzene rings is 2. The van der Waals surface area contributed by atoms with Crippen LogP contribution in [0.2, 0.25) is 0 Å². The van der Waals surface area contributed by atoms with Crippen molar-refractivity contribution >= 4 is 23.1 Å². The SMILES string of the molecule is CC(C)COc1ccc(C2=C(Nc3ccc(F)c(F)c3)C(=O)N(CC(C)C)C2=O)cc1. The fourth-order valence-electron chi connectivity index (χ4n) is 3.19. The lowest BCUT2D eigenvalue weighted by Gasteiger charge is -2.17.